The number of rotatable bonds is 2. The van der Waals surface area contributed by atoms with Crippen LogP contribution in [0.3, 0.4) is 0 Å². The van der Waals surface area contributed by atoms with Crippen molar-refractivity contribution in [3.05, 3.63) is 0 Å². The van der Waals surface area contributed by atoms with Crippen LogP contribution >= 0.6 is 0 Å². The van der Waals surface area contributed by atoms with E-state index in [4.69, 9.17) is 9.47 Å². The Morgan fingerprint density at radius 1 is 1.40 bits per heavy atom. The molecule has 0 saturated carbocycles. The van der Waals surface area contributed by atoms with Crippen LogP contribution in [0.4, 0.5) is 0 Å². The first-order chi connectivity index (χ1) is 4.77. The van der Waals surface area contributed by atoms with Crippen LogP contribution in [0, 0.1) is 0 Å². The molecule has 1 saturated heterocycles. The fraction of sp³-hybridized carbons (Fsp3) is 1.00. The van der Waals surface area contributed by atoms with E-state index in [1.54, 1.807) is 0 Å². The molecule has 1 aliphatic heterocycles. The van der Waals surface area contributed by atoms with Gasteiger partial charge in [0, 0.05) is 0 Å². The lowest BCUT2D eigenvalue weighted by Gasteiger charge is -2.31. The highest BCUT2D eigenvalue weighted by atomic mass is 16.7. The van der Waals surface area contributed by atoms with E-state index < -0.39 is 5.60 Å². The topological polar surface area (TPSA) is 38.7 Å². The molecule has 0 aromatic rings. The fourth-order valence-electron chi connectivity index (χ4n) is 1.17. The summed E-state index contributed by atoms with van der Waals surface area (Å²) in [6, 6.07) is 0. The molecule has 10 heavy (non-hydrogen) atoms. The van der Waals surface area contributed by atoms with E-state index in [1.165, 1.54) is 0 Å². The molecule has 0 unspecified atom stereocenters. The van der Waals surface area contributed by atoms with Gasteiger partial charge in [0.1, 0.15) is 12.4 Å². The Morgan fingerprint density at radius 3 is 2.50 bits per heavy atom. The van der Waals surface area contributed by atoms with E-state index in [1.807, 2.05) is 6.92 Å². The highest BCUT2D eigenvalue weighted by molar-refractivity contribution is 4.78. The Balaban J connectivity index is 2.32. The Labute approximate surface area is 60.9 Å². The molecule has 1 aliphatic rings. The molecule has 0 aliphatic carbocycles. The predicted molar refractivity (Wildman–Crippen MR) is 36.6 cm³/mol. The van der Waals surface area contributed by atoms with E-state index in [2.05, 4.69) is 0 Å². The maximum Gasteiger partial charge on any atom is 0.147 e. The molecular formula is C7H14O3. The number of ether oxygens (including phenoxy) is 2. The summed E-state index contributed by atoms with van der Waals surface area (Å²) < 4.78 is 9.93. The SMILES string of the molecule is CCCC1(O)COCOC1. The van der Waals surface area contributed by atoms with E-state index in [9.17, 15) is 5.11 Å². The molecule has 0 bridgehead atoms. The summed E-state index contributed by atoms with van der Waals surface area (Å²) in [5.41, 5.74) is -0.715. The third-order valence-corrected chi connectivity index (χ3v) is 1.62. The first-order valence-corrected chi connectivity index (χ1v) is 3.65. The van der Waals surface area contributed by atoms with E-state index in [0.29, 0.717) is 20.0 Å². The Bertz CT molecular complexity index is 91.5. The van der Waals surface area contributed by atoms with Crippen LogP contribution in [0.2, 0.25) is 0 Å². The maximum atomic E-state index is 9.62. The van der Waals surface area contributed by atoms with Gasteiger partial charge in [-0.1, -0.05) is 13.3 Å². The van der Waals surface area contributed by atoms with Crippen LogP contribution in [-0.2, 0) is 9.47 Å². The molecule has 1 fully saturated rings. The third-order valence-electron chi connectivity index (χ3n) is 1.62. The van der Waals surface area contributed by atoms with Crippen molar-refractivity contribution in [2.75, 3.05) is 20.0 Å². The summed E-state index contributed by atoms with van der Waals surface area (Å²) >= 11 is 0. The molecule has 0 amide bonds. The lowest BCUT2D eigenvalue weighted by atomic mass is 10.0. The van der Waals surface area contributed by atoms with Crippen molar-refractivity contribution >= 4 is 0 Å². The van der Waals surface area contributed by atoms with Crippen molar-refractivity contribution in [1.82, 2.24) is 0 Å². The number of hydrogen-bond acceptors (Lipinski definition) is 3. The molecule has 3 nitrogen and oxygen atoms in total. The summed E-state index contributed by atoms with van der Waals surface area (Å²) in [4.78, 5) is 0. The monoisotopic (exact) mass is 146 g/mol. The van der Waals surface area contributed by atoms with Crippen molar-refractivity contribution < 1.29 is 14.6 Å². The molecule has 1 rings (SSSR count). The van der Waals surface area contributed by atoms with Crippen molar-refractivity contribution in [3.8, 4) is 0 Å². The van der Waals surface area contributed by atoms with Gasteiger partial charge in [-0.05, 0) is 6.42 Å². The van der Waals surface area contributed by atoms with Gasteiger partial charge in [-0.25, -0.2) is 0 Å². The standard InChI is InChI=1S/C7H14O3/c1-2-3-7(8)4-9-6-10-5-7/h8H,2-6H2,1H3. The van der Waals surface area contributed by atoms with Gasteiger partial charge in [0.25, 0.3) is 0 Å². The van der Waals surface area contributed by atoms with Crippen molar-refractivity contribution in [3.63, 3.8) is 0 Å². The van der Waals surface area contributed by atoms with Gasteiger partial charge in [-0.3, -0.25) is 0 Å². The molecule has 0 spiro atoms. The minimum atomic E-state index is -0.715. The summed E-state index contributed by atoms with van der Waals surface area (Å²) in [6.45, 7) is 3.19. The Kier molecular flexibility index (Phi) is 2.65. The molecular weight excluding hydrogens is 132 g/mol. The van der Waals surface area contributed by atoms with E-state index in [0.717, 1.165) is 12.8 Å². The molecule has 0 aromatic carbocycles. The van der Waals surface area contributed by atoms with Gasteiger partial charge in [0.05, 0.1) is 13.2 Å². The molecule has 0 aromatic heterocycles. The van der Waals surface area contributed by atoms with Gasteiger partial charge < -0.3 is 14.6 Å². The van der Waals surface area contributed by atoms with Gasteiger partial charge in [-0.2, -0.15) is 0 Å². The molecule has 3 heteroatoms. The van der Waals surface area contributed by atoms with Crippen LogP contribution in [0.1, 0.15) is 19.8 Å². The summed E-state index contributed by atoms with van der Waals surface area (Å²) in [7, 11) is 0. The largest absolute Gasteiger partial charge is 0.385 e. The van der Waals surface area contributed by atoms with Gasteiger partial charge in [-0.15, -0.1) is 0 Å². The maximum absolute atomic E-state index is 9.62. The zero-order valence-corrected chi connectivity index (χ0v) is 6.30. The molecule has 0 atom stereocenters. The van der Waals surface area contributed by atoms with Crippen molar-refractivity contribution in [2.45, 2.75) is 25.4 Å². The minimum Gasteiger partial charge on any atom is -0.385 e. The third kappa shape index (κ3) is 1.94. The van der Waals surface area contributed by atoms with Crippen LogP contribution in [0.5, 0.6) is 0 Å². The van der Waals surface area contributed by atoms with Gasteiger partial charge in [0.2, 0.25) is 0 Å². The summed E-state index contributed by atoms with van der Waals surface area (Å²) in [5.74, 6) is 0. The second kappa shape index (κ2) is 3.32. The normalized spacial score (nSPS) is 24.6. The first kappa shape index (κ1) is 7.98. The highest BCUT2D eigenvalue weighted by Gasteiger charge is 2.29. The lowest BCUT2D eigenvalue weighted by molar-refractivity contribution is -0.201. The Hall–Kier alpha value is -0.120. The average molecular weight is 146 g/mol. The number of hydrogen-bond donors (Lipinski definition) is 1. The minimum absolute atomic E-state index is 0.325. The van der Waals surface area contributed by atoms with Gasteiger partial charge >= 0.3 is 0 Å². The Morgan fingerprint density at radius 2 is 2.00 bits per heavy atom. The number of aliphatic hydroxyl groups is 1. The fourth-order valence-corrected chi connectivity index (χ4v) is 1.17. The smallest absolute Gasteiger partial charge is 0.147 e. The summed E-state index contributed by atoms with van der Waals surface area (Å²) in [6.07, 6.45) is 1.72. The molecule has 1 N–H and O–H groups in total. The second-order valence-electron chi connectivity index (χ2n) is 2.79. The first-order valence-electron chi connectivity index (χ1n) is 3.65. The molecule has 60 valence electrons. The molecule has 1 heterocycles. The van der Waals surface area contributed by atoms with Crippen LogP contribution in [0.15, 0.2) is 0 Å². The van der Waals surface area contributed by atoms with Crippen LogP contribution in [-0.4, -0.2) is 30.7 Å². The zero-order chi connectivity index (χ0) is 7.45. The summed E-state index contributed by atoms with van der Waals surface area (Å²) in [5, 5.41) is 9.62. The molecule has 0 radical (unpaired) electrons. The lowest BCUT2D eigenvalue weighted by Crippen LogP contribution is -2.43. The highest BCUT2D eigenvalue weighted by Crippen LogP contribution is 2.17. The predicted octanol–water partition coefficient (Wildman–Crippen LogP) is 0.522. The van der Waals surface area contributed by atoms with Crippen molar-refractivity contribution in [1.29, 1.82) is 0 Å². The quantitative estimate of drug-likeness (QED) is 0.617. The van der Waals surface area contributed by atoms with Crippen LogP contribution < -0.4 is 0 Å². The zero-order valence-electron chi connectivity index (χ0n) is 6.30. The van der Waals surface area contributed by atoms with E-state index >= 15 is 0 Å². The van der Waals surface area contributed by atoms with E-state index in [-0.39, 0.29) is 0 Å². The van der Waals surface area contributed by atoms with Gasteiger partial charge in [0.15, 0.2) is 0 Å². The van der Waals surface area contributed by atoms with Crippen molar-refractivity contribution in [2.24, 2.45) is 0 Å². The van der Waals surface area contributed by atoms with Crippen LogP contribution in [0.25, 0.3) is 0 Å². The second-order valence-corrected chi connectivity index (χ2v) is 2.79. The average Bonchev–Trinajstić information content (AvgIpc) is 1.89.